The van der Waals surface area contributed by atoms with Crippen molar-refractivity contribution < 1.29 is 35.9 Å². The minimum absolute atomic E-state index is 0.0475. The molecule has 1 amide bonds. The van der Waals surface area contributed by atoms with Gasteiger partial charge in [-0.1, -0.05) is 18.2 Å². The fourth-order valence-electron chi connectivity index (χ4n) is 3.57. The van der Waals surface area contributed by atoms with Crippen LogP contribution in [0.2, 0.25) is 0 Å². The highest BCUT2D eigenvalue weighted by Crippen LogP contribution is 2.42. The first kappa shape index (κ1) is 21.4. The zero-order chi connectivity index (χ0) is 22.2. The number of ether oxygens (including phenoxy) is 2. The van der Waals surface area contributed by atoms with E-state index in [1.807, 2.05) is 0 Å². The molecule has 7 nitrogen and oxygen atoms in total. The quantitative estimate of drug-likeness (QED) is 0.748. The maximum absolute atomic E-state index is 13.7. The molecule has 0 aromatic heterocycles. The topological polar surface area (TPSA) is 84.9 Å². The van der Waals surface area contributed by atoms with Gasteiger partial charge in [0.2, 0.25) is 15.9 Å². The van der Waals surface area contributed by atoms with Crippen LogP contribution in [-0.4, -0.2) is 38.0 Å². The summed E-state index contributed by atoms with van der Waals surface area (Å²) in [7, 11) is -3.96. The summed E-state index contributed by atoms with van der Waals surface area (Å²) < 4.78 is 75.5. The van der Waals surface area contributed by atoms with Crippen molar-refractivity contribution >= 4 is 15.9 Å². The van der Waals surface area contributed by atoms with Gasteiger partial charge >= 0.3 is 6.29 Å². The summed E-state index contributed by atoms with van der Waals surface area (Å²) in [5, 5.41) is 2.68. The summed E-state index contributed by atoms with van der Waals surface area (Å²) in [4.78, 5) is 12.2. The lowest BCUT2D eigenvalue weighted by Gasteiger charge is -2.30. The summed E-state index contributed by atoms with van der Waals surface area (Å²) >= 11 is 0. The molecule has 0 saturated carbocycles. The number of piperidine rings is 1. The van der Waals surface area contributed by atoms with Gasteiger partial charge in [-0.3, -0.25) is 4.79 Å². The Morgan fingerprint density at radius 2 is 1.77 bits per heavy atom. The molecule has 0 unspecified atom stereocenters. The summed E-state index contributed by atoms with van der Waals surface area (Å²) in [6, 6.07) is 9.40. The van der Waals surface area contributed by atoms with Crippen molar-refractivity contribution in [2.45, 2.75) is 30.6 Å². The van der Waals surface area contributed by atoms with Crippen LogP contribution < -0.4 is 14.8 Å². The Kier molecular flexibility index (Phi) is 5.56. The molecule has 0 spiro atoms. The molecule has 166 valence electrons. The van der Waals surface area contributed by atoms with E-state index in [0.29, 0.717) is 5.56 Å². The highest BCUT2D eigenvalue weighted by Gasteiger charge is 2.44. The van der Waals surface area contributed by atoms with E-state index in [2.05, 4.69) is 14.8 Å². The van der Waals surface area contributed by atoms with E-state index < -0.39 is 28.1 Å². The van der Waals surface area contributed by atoms with Crippen molar-refractivity contribution in [2.75, 3.05) is 13.1 Å². The van der Waals surface area contributed by atoms with Gasteiger partial charge in [-0.2, -0.15) is 4.31 Å². The second-order valence-corrected chi connectivity index (χ2v) is 9.20. The third kappa shape index (κ3) is 4.47. The number of hydrogen-bond donors (Lipinski definition) is 1. The van der Waals surface area contributed by atoms with Crippen LogP contribution >= 0.6 is 0 Å². The lowest BCUT2D eigenvalue weighted by molar-refractivity contribution is -0.286. The Hall–Kier alpha value is -2.79. The molecule has 0 bridgehead atoms. The Balaban J connectivity index is 1.36. The van der Waals surface area contributed by atoms with Crippen molar-refractivity contribution in [3.8, 4) is 11.5 Å². The third-order valence-electron chi connectivity index (χ3n) is 5.25. The molecule has 0 radical (unpaired) electrons. The van der Waals surface area contributed by atoms with E-state index in [0.717, 1.165) is 12.1 Å². The summed E-state index contributed by atoms with van der Waals surface area (Å²) in [6.07, 6.45) is -3.27. The number of fused-ring (bicyclic) bond motifs is 1. The first-order valence-electron chi connectivity index (χ1n) is 9.57. The molecular weight excluding hydrogens is 437 g/mol. The number of carbonyl (C=O) groups excluding carboxylic acids is 1. The lowest BCUT2D eigenvalue weighted by atomic mass is 9.97. The second-order valence-electron chi connectivity index (χ2n) is 7.26. The number of rotatable bonds is 5. The van der Waals surface area contributed by atoms with Crippen LogP contribution in [0.1, 0.15) is 18.4 Å². The molecule has 2 aliphatic rings. The number of nitrogens with zero attached hydrogens (tertiary/aromatic N) is 1. The van der Waals surface area contributed by atoms with Crippen LogP contribution in [0.3, 0.4) is 0 Å². The SMILES string of the molecule is O=C(NCc1ccccc1F)C1CCN(S(=O)(=O)c2ccc3c(c2)OC(F)(F)O3)CC1. The van der Waals surface area contributed by atoms with Gasteiger partial charge in [0.05, 0.1) is 4.90 Å². The minimum atomic E-state index is -3.96. The average molecular weight is 456 g/mol. The molecule has 2 heterocycles. The first-order valence-corrected chi connectivity index (χ1v) is 11.0. The molecule has 2 aromatic carbocycles. The van der Waals surface area contributed by atoms with Crippen molar-refractivity contribution in [3.63, 3.8) is 0 Å². The molecule has 0 aliphatic carbocycles. The molecule has 1 fully saturated rings. The predicted octanol–water partition coefficient (Wildman–Crippen LogP) is 2.86. The highest BCUT2D eigenvalue weighted by molar-refractivity contribution is 7.89. The van der Waals surface area contributed by atoms with E-state index in [-0.39, 0.29) is 54.8 Å². The van der Waals surface area contributed by atoms with Gasteiger partial charge in [-0.15, -0.1) is 8.78 Å². The first-order chi connectivity index (χ1) is 14.7. The highest BCUT2D eigenvalue weighted by atomic mass is 32.2. The van der Waals surface area contributed by atoms with Gasteiger partial charge < -0.3 is 14.8 Å². The molecular formula is C20H19F3N2O5S. The Morgan fingerprint density at radius 1 is 1.10 bits per heavy atom. The maximum atomic E-state index is 13.7. The zero-order valence-corrected chi connectivity index (χ0v) is 17.0. The number of nitrogens with one attached hydrogen (secondary N) is 1. The van der Waals surface area contributed by atoms with Crippen LogP contribution in [0.15, 0.2) is 47.4 Å². The fraction of sp³-hybridized carbons (Fsp3) is 0.350. The fourth-order valence-corrected chi connectivity index (χ4v) is 5.05. The summed E-state index contributed by atoms with van der Waals surface area (Å²) in [5.74, 6) is -1.69. The van der Waals surface area contributed by atoms with Crippen molar-refractivity contribution in [3.05, 3.63) is 53.8 Å². The number of hydrogen-bond acceptors (Lipinski definition) is 5. The normalized spacial score (nSPS) is 18.7. The summed E-state index contributed by atoms with van der Waals surface area (Å²) in [5.41, 5.74) is 0.365. The van der Waals surface area contributed by atoms with Gasteiger partial charge in [0.15, 0.2) is 11.5 Å². The number of sulfonamides is 1. The smallest absolute Gasteiger partial charge is 0.395 e. The summed E-state index contributed by atoms with van der Waals surface area (Å²) in [6.45, 7) is 0.224. The molecule has 2 aliphatic heterocycles. The predicted molar refractivity (Wildman–Crippen MR) is 102 cm³/mol. The van der Waals surface area contributed by atoms with E-state index in [4.69, 9.17) is 0 Å². The van der Waals surface area contributed by atoms with E-state index in [1.54, 1.807) is 18.2 Å². The molecule has 1 N–H and O–H groups in total. The standard InChI is InChI=1S/C20H19F3N2O5S/c21-16-4-2-1-3-14(16)12-24-19(26)13-7-9-25(10-8-13)31(27,28)15-5-6-17-18(11-15)30-20(22,23)29-17/h1-6,11,13H,7-10,12H2,(H,24,26). The second kappa shape index (κ2) is 8.04. The number of carbonyl (C=O) groups is 1. The van der Waals surface area contributed by atoms with E-state index >= 15 is 0 Å². The van der Waals surface area contributed by atoms with Crippen molar-refractivity contribution in [1.29, 1.82) is 0 Å². The van der Waals surface area contributed by atoms with Gasteiger partial charge in [0.1, 0.15) is 5.82 Å². The van der Waals surface area contributed by atoms with Gasteiger partial charge in [0, 0.05) is 37.2 Å². The molecule has 1 saturated heterocycles. The van der Waals surface area contributed by atoms with Gasteiger partial charge in [-0.05, 0) is 31.0 Å². The molecule has 4 rings (SSSR count). The zero-order valence-electron chi connectivity index (χ0n) is 16.2. The number of benzene rings is 2. The van der Waals surface area contributed by atoms with Crippen molar-refractivity contribution in [1.82, 2.24) is 9.62 Å². The molecule has 0 atom stereocenters. The number of amides is 1. The third-order valence-corrected chi connectivity index (χ3v) is 7.14. The van der Waals surface area contributed by atoms with Gasteiger partial charge in [-0.25, -0.2) is 12.8 Å². The Morgan fingerprint density at radius 3 is 2.48 bits per heavy atom. The van der Waals surface area contributed by atoms with E-state index in [9.17, 15) is 26.4 Å². The average Bonchev–Trinajstić information content (AvgIpc) is 3.06. The molecule has 31 heavy (non-hydrogen) atoms. The lowest BCUT2D eigenvalue weighted by Crippen LogP contribution is -2.42. The van der Waals surface area contributed by atoms with Crippen LogP contribution in [0.5, 0.6) is 11.5 Å². The Labute approximate surface area is 176 Å². The number of halogens is 3. The van der Waals surface area contributed by atoms with Gasteiger partial charge in [0.25, 0.3) is 0 Å². The van der Waals surface area contributed by atoms with Crippen LogP contribution in [-0.2, 0) is 21.4 Å². The monoisotopic (exact) mass is 456 g/mol. The number of alkyl halides is 2. The van der Waals surface area contributed by atoms with Crippen LogP contribution in [0.25, 0.3) is 0 Å². The van der Waals surface area contributed by atoms with Crippen LogP contribution in [0.4, 0.5) is 13.2 Å². The Bertz CT molecular complexity index is 1100. The van der Waals surface area contributed by atoms with Crippen LogP contribution in [0, 0.1) is 11.7 Å². The minimum Gasteiger partial charge on any atom is -0.395 e. The maximum Gasteiger partial charge on any atom is 0.586 e. The molecule has 11 heteroatoms. The van der Waals surface area contributed by atoms with Crippen molar-refractivity contribution in [2.24, 2.45) is 5.92 Å². The van der Waals surface area contributed by atoms with E-state index in [1.165, 1.54) is 16.4 Å². The largest absolute Gasteiger partial charge is 0.586 e. The molecule has 2 aromatic rings.